The third kappa shape index (κ3) is 5.17. The lowest BCUT2D eigenvalue weighted by molar-refractivity contribution is 0.107. The summed E-state index contributed by atoms with van der Waals surface area (Å²) in [4.78, 5) is 10.4. The smallest absolute Gasteiger partial charge is 0.0930 e. The van der Waals surface area contributed by atoms with Crippen LogP contribution in [0, 0.1) is 13.8 Å². The van der Waals surface area contributed by atoms with E-state index in [9.17, 15) is 0 Å². The molecule has 0 atom stereocenters. The number of aryl methyl sites for hydroxylation is 2. The Morgan fingerprint density at radius 1 is 0.595 bits per heavy atom. The number of hydrogen-bond acceptors (Lipinski definition) is 4. The minimum Gasteiger partial charge on any atom is -0.377 e. The molecule has 0 radical (unpaired) electrons. The molecule has 0 saturated heterocycles. The Hall–Kier alpha value is -4.12. The van der Waals surface area contributed by atoms with Gasteiger partial charge >= 0.3 is 0 Å². The van der Waals surface area contributed by atoms with Gasteiger partial charge in [0.05, 0.1) is 36.1 Å². The SMILES string of the molecule is CCCOCc1c(COCCC)c(C)c2nc(-c3ccc4ccccc4c3-c3cccc4ccccc34)cnc2c1C. The maximum atomic E-state index is 6.08. The van der Waals surface area contributed by atoms with Gasteiger partial charge in [0.25, 0.3) is 0 Å². The van der Waals surface area contributed by atoms with Crippen LogP contribution in [-0.4, -0.2) is 23.2 Å². The number of benzene rings is 5. The highest BCUT2D eigenvalue weighted by molar-refractivity contribution is 6.10. The zero-order valence-electron chi connectivity index (χ0n) is 25.0. The molecule has 0 saturated carbocycles. The van der Waals surface area contributed by atoms with Gasteiger partial charge in [0.1, 0.15) is 0 Å². The summed E-state index contributed by atoms with van der Waals surface area (Å²) in [5.41, 5.74) is 10.8. The van der Waals surface area contributed by atoms with Crippen LogP contribution < -0.4 is 0 Å². The molecule has 5 aromatic carbocycles. The Kier molecular flexibility index (Phi) is 8.27. The van der Waals surface area contributed by atoms with E-state index in [2.05, 4.69) is 107 Å². The molecule has 42 heavy (non-hydrogen) atoms. The molecule has 1 aromatic heterocycles. The van der Waals surface area contributed by atoms with Gasteiger partial charge in [-0.25, -0.2) is 4.98 Å². The molecule has 4 nitrogen and oxygen atoms in total. The molecule has 0 aliphatic carbocycles. The maximum absolute atomic E-state index is 6.08. The normalized spacial score (nSPS) is 11.6. The minimum absolute atomic E-state index is 0.546. The molecule has 0 unspecified atom stereocenters. The average molecular weight is 555 g/mol. The van der Waals surface area contributed by atoms with E-state index in [4.69, 9.17) is 19.4 Å². The Morgan fingerprint density at radius 3 is 1.88 bits per heavy atom. The van der Waals surface area contributed by atoms with E-state index in [0.29, 0.717) is 13.2 Å². The van der Waals surface area contributed by atoms with Crippen LogP contribution >= 0.6 is 0 Å². The second kappa shape index (κ2) is 12.4. The minimum atomic E-state index is 0.546. The Labute approximate surface area is 248 Å². The fourth-order valence-electron chi connectivity index (χ4n) is 6.04. The van der Waals surface area contributed by atoms with Crippen molar-refractivity contribution in [3.05, 3.63) is 107 Å². The number of hydrogen-bond donors (Lipinski definition) is 0. The summed E-state index contributed by atoms with van der Waals surface area (Å²) in [5, 5.41) is 4.86. The second-order valence-corrected chi connectivity index (χ2v) is 11.0. The third-order valence-electron chi connectivity index (χ3n) is 8.21. The number of aromatic nitrogens is 2. The summed E-state index contributed by atoms with van der Waals surface area (Å²) >= 11 is 0. The predicted molar refractivity (Wildman–Crippen MR) is 175 cm³/mol. The summed E-state index contributed by atoms with van der Waals surface area (Å²) < 4.78 is 12.1. The fourth-order valence-corrected chi connectivity index (χ4v) is 6.04. The van der Waals surface area contributed by atoms with Gasteiger partial charge in [-0.2, -0.15) is 0 Å². The molecule has 0 aliphatic heterocycles. The molecular formula is C38H38N2O2. The van der Waals surface area contributed by atoms with Crippen LogP contribution in [0.4, 0.5) is 0 Å². The maximum Gasteiger partial charge on any atom is 0.0930 e. The van der Waals surface area contributed by atoms with Crippen molar-refractivity contribution in [1.29, 1.82) is 0 Å². The molecule has 0 spiro atoms. The van der Waals surface area contributed by atoms with Crippen LogP contribution in [0.1, 0.15) is 48.9 Å². The summed E-state index contributed by atoms with van der Waals surface area (Å²) in [5.74, 6) is 0. The first kappa shape index (κ1) is 28.0. The van der Waals surface area contributed by atoms with Gasteiger partial charge in [-0.05, 0) is 81.6 Å². The van der Waals surface area contributed by atoms with Crippen LogP contribution in [0.2, 0.25) is 0 Å². The first-order valence-electron chi connectivity index (χ1n) is 15.1. The van der Waals surface area contributed by atoms with Crippen LogP contribution in [0.5, 0.6) is 0 Å². The Bertz CT molecular complexity index is 1890. The molecule has 6 aromatic rings. The molecule has 1 heterocycles. The summed E-state index contributed by atoms with van der Waals surface area (Å²) in [6.07, 6.45) is 3.91. The van der Waals surface area contributed by atoms with E-state index in [0.717, 1.165) is 59.5 Å². The topological polar surface area (TPSA) is 44.2 Å². The van der Waals surface area contributed by atoms with Gasteiger partial charge in [0, 0.05) is 18.8 Å². The summed E-state index contributed by atoms with van der Waals surface area (Å²) in [6.45, 7) is 11.1. The average Bonchev–Trinajstić information content (AvgIpc) is 3.03. The van der Waals surface area contributed by atoms with Crippen LogP contribution in [0.3, 0.4) is 0 Å². The van der Waals surface area contributed by atoms with Crippen molar-refractivity contribution in [2.24, 2.45) is 0 Å². The van der Waals surface area contributed by atoms with E-state index >= 15 is 0 Å². The van der Waals surface area contributed by atoms with Crippen molar-refractivity contribution in [2.75, 3.05) is 13.2 Å². The number of rotatable bonds is 10. The van der Waals surface area contributed by atoms with Crippen LogP contribution in [0.25, 0.3) is 55.0 Å². The molecule has 212 valence electrons. The van der Waals surface area contributed by atoms with Gasteiger partial charge in [0.15, 0.2) is 0 Å². The highest BCUT2D eigenvalue weighted by Crippen LogP contribution is 2.41. The second-order valence-electron chi connectivity index (χ2n) is 11.0. The molecule has 0 amide bonds. The summed E-state index contributed by atoms with van der Waals surface area (Å²) in [6, 6.07) is 28.1. The van der Waals surface area contributed by atoms with Crippen molar-refractivity contribution in [3.63, 3.8) is 0 Å². The molecule has 4 heteroatoms. The van der Waals surface area contributed by atoms with Crippen molar-refractivity contribution in [3.8, 4) is 22.4 Å². The van der Waals surface area contributed by atoms with Gasteiger partial charge in [-0.15, -0.1) is 0 Å². The molecule has 0 N–H and O–H groups in total. The van der Waals surface area contributed by atoms with E-state index < -0.39 is 0 Å². The molecule has 6 rings (SSSR count). The number of fused-ring (bicyclic) bond motifs is 3. The lowest BCUT2D eigenvalue weighted by atomic mass is 9.89. The third-order valence-corrected chi connectivity index (χ3v) is 8.21. The van der Waals surface area contributed by atoms with Crippen molar-refractivity contribution < 1.29 is 9.47 Å². The van der Waals surface area contributed by atoms with Crippen molar-refractivity contribution in [2.45, 2.75) is 53.8 Å². The molecule has 0 fully saturated rings. The molecule has 0 bridgehead atoms. The highest BCUT2D eigenvalue weighted by Gasteiger charge is 2.20. The number of ether oxygens (including phenoxy) is 2. The summed E-state index contributed by atoms with van der Waals surface area (Å²) in [7, 11) is 0. The standard InChI is InChI=1S/C38H38N2O2/c1-5-20-41-23-33-25(3)37-38(26(4)34(33)24-42-21-6-2)40-35(22-39-37)32-19-18-28-13-8-10-16-30(28)36(32)31-17-11-14-27-12-7-9-15-29(27)31/h7-19,22H,5-6,20-21,23-24H2,1-4H3. The van der Waals surface area contributed by atoms with E-state index in [1.165, 1.54) is 43.8 Å². The fraction of sp³-hybridized carbons (Fsp3) is 0.263. The van der Waals surface area contributed by atoms with Gasteiger partial charge < -0.3 is 9.47 Å². The Balaban J connectivity index is 1.58. The van der Waals surface area contributed by atoms with E-state index in [1.54, 1.807) is 0 Å². The first-order valence-corrected chi connectivity index (χ1v) is 15.1. The Morgan fingerprint density at radius 2 is 1.19 bits per heavy atom. The van der Waals surface area contributed by atoms with Gasteiger partial charge in [-0.1, -0.05) is 92.7 Å². The van der Waals surface area contributed by atoms with Crippen molar-refractivity contribution >= 4 is 32.6 Å². The highest BCUT2D eigenvalue weighted by atomic mass is 16.5. The van der Waals surface area contributed by atoms with Crippen molar-refractivity contribution in [1.82, 2.24) is 9.97 Å². The first-order chi connectivity index (χ1) is 20.6. The zero-order chi connectivity index (χ0) is 29.1. The lowest BCUT2D eigenvalue weighted by Gasteiger charge is -2.20. The monoisotopic (exact) mass is 554 g/mol. The van der Waals surface area contributed by atoms with Gasteiger partial charge in [-0.3, -0.25) is 4.98 Å². The molecule has 0 aliphatic rings. The number of nitrogens with zero attached hydrogens (tertiary/aromatic N) is 2. The zero-order valence-corrected chi connectivity index (χ0v) is 25.0. The van der Waals surface area contributed by atoms with Crippen LogP contribution in [-0.2, 0) is 22.7 Å². The van der Waals surface area contributed by atoms with Gasteiger partial charge in [0.2, 0.25) is 0 Å². The quantitative estimate of drug-likeness (QED) is 0.158. The largest absolute Gasteiger partial charge is 0.377 e. The van der Waals surface area contributed by atoms with E-state index in [-0.39, 0.29) is 0 Å². The predicted octanol–water partition coefficient (Wildman–Crippen LogP) is 9.74. The molecular weight excluding hydrogens is 516 g/mol. The van der Waals surface area contributed by atoms with Crippen LogP contribution in [0.15, 0.2) is 85.1 Å². The van der Waals surface area contributed by atoms with E-state index in [1.807, 2.05) is 6.20 Å². The lowest BCUT2D eigenvalue weighted by Crippen LogP contribution is -2.09.